The second-order valence-corrected chi connectivity index (χ2v) is 4.30. The topological polar surface area (TPSA) is 40.5 Å². The van der Waals surface area contributed by atoms with Gasteiger partial charge in [0.2, 0.25) is 0 Å². The molecule has 106 valence electrons. The van der Waals surface area contributed by atoms with Gasteiger partial charge in [-0.2, -0.15) is 0 Å². The summed E-state index contributed by atoms with van der Waals surface area (Å²) in [7, 11) is 6.64. The summed E-state index contributed by atoms with van der Waals surface area (Å²) in [5.74, 6) is 4.68. The number of rotatable bonds is 0. The van der Waals surface area contributed by atoms with Gasteiger partial charge in [-0.15, -0.1) is 0 Å². The third-order valence-electron chi connectivity index (χ3n) is 4.15. The van der Waals surface area contributed by atoms with Crippen molar-refractivity contribution < 1.29 is 29.6 Å². The number of hydrogen-bond acceptors (Lipinski definition) is 2. The molecule has 0 spiro atoms. The van der Waals surface area contributed by atoms with Gasteiger partial charge < -0.3 is 17.6 Å². The van der Waals surface area contributed by atoms with E-state index in [-0.39, 0.29) is 7.43 Å². The van der Waals surface area contributed by atoms with Crippen LogP contribution in [-0.2, 0) is 19.4 Å². The van der Waals surface area contributed by atoms with Crippen molar-refractivity contribution in [3.63, 3.8) is 0 Å². The minimum atomic E-state index is 0. The Bertz CT molecular complexity index is 91.8. The van der Waals surface area contributed by atoms with Crippen LogP contribution in [-0.4, -0.2) is 24.4 Å². The number of hydrogen-bond donors (Lipinski definition) is 2. The van der Waals surface area contributed by atoms with Crippen LogP contribution in [0.4, 0.5) is 0 Å². The van der Waals surface area contributed by atoms with E-state index in [1.807, 2.05) is 0 Å². The van der Waals surface area contributed by atoms with Crippen LogP contribution in [0.2, 0.25) is 0 Å². The van der Waals surface area contributed by atoms with E-state index in [1.165, 1.54) is 19.4 Å². The molecule has 0 saturated heterocycles. The zero-order valence-electron chi connectivity index (χ0n) is 12.7. The van der Waals surface area contributed by atoms with Crippen LogP contribution in [0.15, 0.2) is 0 Å². The zero-order valence-corrected chi connectivity index (χ0v) is 15.0. The van der Waals surface area contributed by atoms with E-state index in [2.05, 4.69) is 43.9 Å². The molecule has 0 aromatic heterocycles. The molecule has 0 heterocycles. The molecule has 0 bridgehead atoms. The molecule has 0 aromatic rings. The number of halogens is 1. The molecule has 0 aromatic carbocycles. The Hall–Kier alpha value is 0.924. The SMILES string of the molecule is CC1C(C)C(C)C(C)C1C.CO.CO.[CH3-].[Cl][Ti+]. The average Bonchev–Trinajstić information content (AvgIpc) is 2.55. The molecule has 0 atom stereocenters. The van der Waals surface area contributed by atoms with E-state index < -0.39 is 0 Å². The third kappa shape index (κ3) is 8.61. The first-order valence-corrected chi connectivity index (χ1v) is 7.79. The standard InChI is InChI=1S/C10H20.2CH4O.CH3.ClH.Ti/c1-6-7(2)9(4)10(5)8(6)3;2*1-2;;;/h6-10H,1-5H3;2*2H,1H3;1H3;1H;/q;;;-1;;+2/p-1. The van der Waals surface area contributed by atoms with Crippen molar-refractivity contribution in [2.45, 2.75) is 34.6 Å². The molecule has 2 nitrogen and oxygen atoms in total. The van der Waals surface area contributed by atoms with Crippen molar-refractivity contribution in [3.05, 3.63) is 7.43 Å². The molecule has 4 heteroatoms. The van der Waals surface area contributed by atoms with Gasteiger partial charge in [-0.05, 0) is 29.6 Å². The quantitative estimate of drug-likeness (QED) is 0.531. The van der Waals surface area contributed by atoms with Crippen LogP contribution in [0.3, 0.4) is 0 Å². The maximum atomic E-state index is 7.00. The van der Waals surface area contributed by atoms with Gasteiger partial charge in [0, 0.05) is 14.2 Å². The first-order chi connectivity index (χ1) is 7.55. The summed E-state index contributed by atoms with van der Waals surface area (Å²) >= 11 is 1.47. The van der Waals surface area contributed by atoms with Gasteiger partial charge in [0.25, 0.3) is 0 Å². The Morgan fingerprint density at radius 2 is 0.647 bits per heavy atom. The molecule has 0 amide bonds. The molecule has 2 N–H and O–H groups in total. The van der Waals surface area contributed by atoms with Crippen molar-refractivity contribution in [1.29, 1.82) is 0 Å². The van der Waals surface area contributed by atoms with Crippen molar-refractivity contribution in [2.75, 3.05) is 14.2 Å². The Labute approximate surface area is 124 Å². The summed E-state index contributed by atoms with van der Waals surface area (Å²) in [6, 6.07) is 0. The number of aliphatic hydroxyl groups is 2. The zero-order chi connectivity index (χ0) is 13.9. The Morgan fingerprint density at radius 3 is 0.706 bits per heavy atom. The van der Waals surface area contributed by atoms with Gasteiger partial charge in [0.05, 0.1) is 0 Å². The van der Waals surface area contributed by atoms with Crippen molar-refractivity contribution >= 4 is 9.30 Å². The Balaban J connectivity index is -0.000000106. The monoisotopic (exact) mass is 302 g/mol. The molecule has 1 fully saturated rings. The molecule has 17 heavy (non-hydrogen) atoms. The van der Waals surface area contributed by atoms with Crippen molar-refractivity contribution in [3.8, 4) is 0 Å². The first kappa shape index (κ1) is 26.5. The van der Waals surface area contributed by atoms with Gasteiger partial charge in [0.1, 0.15) is 0 Å². The molecule has 0 radical (unpaired) electrons. The summed E-state index contributed by atoms with van der Waals surface area (Å²) < 4.78 is 0. The fraction of sp³-hybridized carbons (Fsp3) is 0.923. The van der Waals surface area contributed by atoms with E-state index in [1.54, 1.807) is 0 Å². The van der Waals surface area contributed by atoms with Crippen LogP contribution < -0.4 is 0 Å². The normalized spacial score (nSPS) is 33.6. The van der Waals surface area contributed by atoms with Crippen LogP contribution in [0.5, 0.6) is 0 Å². The van der Waals surface area contributed by atoms with Crippen molar-refractivity contribution in [2.24, 2.45) is 29.6 Å². The van der Waals surface area contributed by atoms with Gasteiger partial charge in [-0.25, -0.2) is 0 Å². The first-order valence-electron chi connectivity index (χ1n) is 5.64. The van der Waals surface area contributed by atoms with E-state index in [0.717, 1.165) is 43.8 Å². The van der Waals surface area contributed by atoms with Gasteiger partial charge in [-0.3, -0.25) is 0 Å². The molecular weight excluding hydrogens is 271 g/mol. The maximum absolute atomic E-state index is 7.00. The fourth-order valence-corrected chi connectivity index (χ4v) is 2.39. The molecule has 1 saturated carbocycles. The molecule has 1 aliphatic rings. The second-order valence-electron chi connectivity index (χ2n) is 4.30. The second kappa shape index (κ2) is 16.9. The molecule has 0 aliphatic heterocycles. The van der Waals surface area contributed by atoms with Crippen LogP contribution in [0.25, 0.3) is 0 Å². The summed E-state index contributed by atoms with van der Waals surface area (Å²) in [5, 5.41) is 14.0. The summed E-state index contributed by atoms with van der Waals surface area (Å²) in [5.41, 5.74) is 0. The molecule has 1 rings (SSSR count). The van der Waals surface area contributed by atoms with E-state index >= 15 is 0 Å². The predicted octanol–water partition coefficient (Wildman–Crippen LogP) is 3.53. The van der Waals surface area contributed by atoms with Gasteiger partial charge >= 0.3 is 28.7 Å². The van der Waals surface area contributed by atoms with Gasteiger partial charge in [0.15, 0.2) is 0 Å². The molecule has 0 unspecified atom stereocenters. The Morgan fingerprint density at radius 1 is 0.588 bits per heavy atom. The van der Waals surface area contributed by atoms with Crippen LogP contribution in [0.1, 0.15) is 34.6 Å². The van der Waals surface area contributed by atoms with Crippen molar-refractivity contribution in [1.82, 2.24) is 0 Å². The predicted molar refractivity (Wildman–Crippen MR) is 74.4 cm³/mol. The van der Waals surface area contributed by atoms with Crippen LogP contribution in [0, 0.1) is 37.0 Å². The summed E-state index contributed by atoms with van der Waals surface area (Å²) in [6.07, 6.45) is 0. The van der Waals surface area contributed by atoms with E-state index in [4.69, 9.17) is 10.2 Å². The Kier molecular flexibility index (Phi) is 26.4. The van der Waals surface area contributed by atoms with E-state index in [9.17, 15) is 0 Å². The number of aliphatic hydroxyl groups excluding tert-OH is 2. The fourth-order valence-electron chi connectivity index (χ4n) is 2.39. The van der Waals surface area contributed by atoms with Gasteiger partial charge in [-0.1, -0.05) is 34.6 Å². The van der Waals surface area contributed by atoms with Crippen LogP contribution >= 0.6 is 9.30 Å². The summed E-state index contributed by atoms with van der Waals surface area (Å²) in [6.45, 7) is 12.0. The van der Waals surface area contributed by atoms with E-state index in [0.29, 0.717) is 0 Å². The molecular formula is C13H31ClO2Ti. The average molecular weight is 303 g/mol. The molecule has 1 aliphatic carbocycles. The summed E-state index contributed by atoms with van der Waals surface area (Å²) in [4.78, 5) is 0. The third-order valence-corrected chi connectivity index (χ3v) is 4.15. The minimum absolute atomic E-state index is 0.